The molecule has 7 nitrogen and oxygen atoms in total. The highest BCUT2D eigenvalue weighted by molar-refractivity contribution is 6.02. The molecule has 1 N–H and O–H groups in total. The van der Waals surface area contributed by atoms with Crippen LogP contribution in [-0.2, 0) is 14.9 Å². The highest BCUT2D eigenvalue weighted by Gasteiger charge is 2.51. The normalized spacial score (nSPS) is 18.9. The predicted molar refractivity (Wildman–Crippen MR) is 147 cm³/mol. The molecule has 1 saturated heterocycles. The molecule has 7 heteroatoms. The van der Waals surface area contributed by atoms with Crippen molar-refractivity contribution >= 4 is 17.5 Å². The van der Waals surface area contributed by atoms with Crippen molar-refractivity contribution in [1.82, 2.24) is 4.90 Å². The Morgan fingerprint density at radius 1 is 1.05 bits per heavy atom. The molecule has 198 valence electrons. The Morgan fingerprint density at radius 3 is 2.61 bits per heavy atom. The maximum Gasteiger partial charge on any atom is 0.254 e. The molecule has 6 rings (SSSR count). The van der Waals surface area contributed by atoms with Crippen molar-refractivity contribution in [2.45, 2.75) is 44.1 Å². The highest BCUT2D eigenvalue weighted by Crippen LogP contribution is 2.51. The molecule has 0 radical (unpaired) electrons. The number of anilines is 1. The van der Waals surface area contributed by atoms with Gasteiger partial charge in [0, 0.05) is 26.3 Å². The van der Waals surface area contributed by atoms with Crippen molar-refractivity contribution in [1.29, 1.82) is 0 Å². The summed E-state index contributed by atoms with van der Waals surface area (Å²) in [6.45, 7) is 3.60. The van der Waals surface area contributed by atoms with Crippen molar-refractivity contribution in [3.63, 3.8) is 0 Å². The van der Waals surface area contributed by atoms with Crippen LogP contribution >= 0.6 is 0 Å². The van der Waals surface area contributed by atoms with E-state index in [4.69, 9.17) is 14.2 Å². The average molecular weight is 515 g/mol. The summed E-state index contributed by atoms with van der Waals surface area (Å²) in [6, 6.07) is 19.6. The molecular formula is C31H34N2O5. The van der Waals surface area contributed by atoms with E-state index in [1.54, 1.807) is 7.11 Å². The average Bonchev–Trinajstić information content (AvgIpc) is 3.39. The molecule has 3 aliphatic rings. The van der Waals surface area contributed by atoms with Crippen LogP contribution in [0.2, 0.25) is 0 Å². The van der Waals surface area contributed by atoms with E-state index in [0.717, 1.165) is 65.9 Å². The lowest BCUT2D eigenvalue weighted by molar-refractivity contribution is -0.118. The molecule has 2 amide bonds. The molecule has 0 aromatic heterocycles. The van der Waals surface area contributed by atoms with Gasteiger partial charge >= 0.3 is 0 Å². The van der Waals surface area contributed by atoms with Crippen LogP contribution in [0.3, 0.4) is 0 Å². The van der Waals surface area contributed by atoms with Crippen LogP contribution in [0.15, 0.2) is 60.7 Å². The van der Waals surface area contributed by atoms with E-state index in [0.29, 0.717) is 17.9 Å². The fourth-order valence-electron chi connectivity index (χ4n) is 5.65. The third-order valence-corrected chi connectivity index (χ3v) is 8.05. The third-order valence-electron chi connectivity index (χ3n) is 8.05. The first-order valence-corrected chi connectivity index (χ1v) is 13.2. The van der Waals surface area contributed by atoms with Crippen molar-refractivity contribution < 1.29 is 25.2 Å². The number of nitrogens with zero attached hydrogens (tertiary/aromatic N) is 1. The number of ether oxygens (including phenoxy) is 3. The van der Waals surface area contributed by atoms with Crippen LogP contribution < -0.4 is 14.8 Å². The number of benzene rings is 3. The summed E-state index contributed by atoms with van der Waals surface area (Å²) in [5.74, 6) is 1.45. The number of carbonyl (C=O) groups is 2. The zero-order valence-corrected chi connectivity index (χ0v) is 21.8. The molecule has 2 fully saturated rings. The van der Waals surface area contributed by atoms with E-state index < -0.39 is 5.41 Å². The predicted octanol–water partition coefficient (Wildman–Crippen LogP) is 5.56. The Balaban J connectivity index is 0.00000308. The quantitative estimate of drug-likeness (QED) is 0.447. The molecule has 3 aromatic carbocycles. The maximum absolute atomic E-state index is 13.4. The molecule has 2 aliphatic heterocycles. The van der Waals surface area contributed by atoms with Crippen LogP contribution in [0.5, 0.6) is 11.5 Å². The first kappa shape index (κ1) is 24.5. The minimum Gasteiger partial charge on any atom is -0.454 e. The van der Waals surface area contributed by atoms with Gasteiger partial charge in [-0.3, -0.25) is 9.59 Å². The van der Waals surface area contributed by atoms with Crippen LogP contribution in [-0.4, -0.2) is 49.8 Å². The fourth-order valence-corrected chi connectivity index (χ4v) is 5.65. The molecule has 0 unspecified atom stereocenters. The molecule has 0 bridgehead atoms. The topological polar surface area (TPSA) is 77.1 Å². The summed E-state index contributed by atoms with van der Waals surface area (Å²) >= 11 is 0. The van der Waals surface area contributed by atoms with E-state index >= 15 is 0 Å². The number of methoxy groups -OCH3 is 1. The van der Waals surface area contributed by atoms with Crippen LogP contribution in [0.1, 0.15) is 48.6 Å². The number of nitrogens with one attached hydrogen (secondary N) is 1. The molecule has 38 heavy (non-hydrogen) atoms. The minimum atomic E-state index is -0.537. The molecular weight excluding hydrogens is 480 g/mol. The van der Waals surface area contributed by atoms with Gasteiger partial charge < -0.3 is 24.4 Å². The number of amides is 2. The Bertz CT molecular complexity index is 1390. The SMILES string of the molecule is COC[C@H]1CCCN1C(=O)c1ccc(-c2cc(NC(=O)C3(c4ccc5c(c4)OCO5)CC3)ccc2C)cc1.[HH]. The van der Waals surface area contributed by atoms with E-state index in [9.17, 15) is 9.59 Å². The summed E-state index contributed by atoms with van der Waals surface area (Å²) in [5, 5.41) is 3.15. The fraction of sp³-hybridized carbons (Fsp3) is 0.355. The van der Waals surface area contributed by atoms with Gasteiger partial charge in [0.15, 0.2) is 11.5 Å². The first-order valence-electron chi connectivity index (χ1n) is 13.2. The lowest BCUT2D eigenvalue weighted by atomic mass is 9.94. The number of aryl methyl sites for hydroxylation is 1. The van der Waals surface area contributed by atoms with Crippen molar-refractivity contribution in [2.75, 3.05) is 32.4 Å². The zero-order chi connectivity index (χ0) is 26.3. The summed E-state index contributed by atoms with van der Waals surface area (Å²) in [5.41, 5.74) is 4.97. The van der Waals surface area contributed by atoms with Crippen molar-refractivity contribution in [2.24, 2.45) is 0 Å². The largest absolute Gasteiger partial charge is 0.454 e. The summed E-state index contributed by atoms with van der Waals surface area (Å²) < 4.78 is 16.2. The smallest absolute Gasteiger partial charge is 0.254 e. The van der Waals surface area contributed by atoms with Gasteiger partial charge in [-0.15, -0.1) is 0 Å². The molecule has 0 spiro atoms. The van der Waals surface area contributed by atoms with E-state index in [-0.39, 0.29) is 26.1 Å². The van der Waals surface area contributed by atoms with Gasteiger partial charge in [-0.05, 0) is 91.3 Å². The van der Waals surface area contributed by atoms with Crippen LogP contribution in [0.25, 0.3) is 11.1 Å². The standard InChI is InChI=1S/C31H32N2O5.H2/c1-20-5-11-24(32-30(35)31(13-14-31)23-10-12-27-28(16-23)38-19-37-27)17-26(20)21-6-8-22(9-7-21)29(34)33-15-3-4-25(33)18-36-2;/h5-12,16-17,25H,3-4,13-15,18-19H2,1-2H3,(H,32,35);1H/t25-;/m1./s1. The lowest BCUT2D eigenvalue weighted by Gasteiger charge is -2.24. The number of fused-ring (bicyclic) bond motifs is 1. The van der Waals surface area contributed by atoms with E-state index in [2.05, 4.69) is 12.2 Å². The second kappa shape index (κ2) is 9.80. The summed E-state index contributed by atoms with van der Waals surface area (Å²) in [4.78, 5) is 28.4. The number of hydrogen-bond acceptors (Lipinski definition) is 5. The van der Waals surface area contributed by atoms with E-state index in [1.165, 1.54) is 0 Å². The highest BCUT2D eigenvalue weighted by atomic mass is 16.7. The van der Waals surface area contributed by atoms with Gasteiger partial charge in [0.1, 0.15) is 0 Å². The van der Waals surface area contributed by atoms with Crippen molar-refractivity contribution in [3.05, 3.63) is 77.4 Å². The number of hydrogen-bond donors (Lipinski definition) is 1. The molecule has 3 aromatic rings. The third kappa shape index (κ3) is 4.41. The second-order valence-electron chi connectivity index (χ2n) is 10.5. The van der Waals surface area contributed by atoms with Crippen LogP contribution in [0.4, 0.5) is 5.69 Å². The molecule has 2 heterocycles. The number of rotatable bonds is 7. The van der Waals surface area contributed by atoms with Gasteiger partial charge in [0.2, 0.25) is 12.7 Å². The van der Waals surface area contributed by atoms with Crippen LogP contribution in [0, 0.1) is 6.92 Å². The Kier molecular flexibility index (Phi) is 6.32. The summed E-state index contributed by atoms with van der Waals surface area (Å²) in [7, 11) is 1.68. The second-order valence-corrected chi connectivity index (χ2v) is 10.5. The molecule has 1 atom stereocenters. The number of carbonyl (C=O) groups excluding carboxylic acids is 2. The summed E-state index contributed by atoms with van der Waals surface area (Å²) in [6.07, 6.45) is 3.58. The molecule has 1 saturated carbocycles. The van der Waals surface area contributed by atoms with Crippen molar-refractivity contribution in [3.8, 4) is 22.6 Å². The Morgan fingerprint density at radius 2 is 1.84 bits per heavy atom. The van der Waals surface area contributed by atoms with Gasteiger partial charge in [0.05, 0.1) is 18.1 Å². The zero-order valence-electron chi connectivity index (χ0n) is 21.8. The molecule has 1 aliphatic carbocycles. The van der Waals surface area contributed by atoms with E-state index in [1.807, 2.05) is 65.6 Å². The van der Waals surface area contributed by atoms with Gasteiger partial charge in [-0.2, -0.15) is 0 Å². The lowest BCUT2D eigenvalue weighted by Crippen LogP contribution is -2.38. The monoisotopic (exact) mass is 514 g/mol. The van der Waals surface area contributed by atoms with Gasteiger partial charge in [-0.1, -0.05) is 24.3 Å². The minimum absolute atomic E-state index is 0. The first-order chi connectivity index (χ1) is 18.5. The Labute approximate surface area is 224 Å². The van der Waals surface area contributed by atoms with Gasteiger partial charge in [-0.25, -0.2) is 0 Å². The Hall–Kier alpha value is -3.84. The maximum atomic E-state index is 13.4. The number of likely N-dealkylation sites (tertiary alicyclic amines) is 1. The van der Waals surface area contributed by atoms with Gasteiger partial charge in [0.25, 0.3) is 5.91 Å².